The Morgan fingerprint density at radius 1 is 0.875 bits per heavy atom. The van der Waals surface area contributed by atoms with Gasteiger partial charge in [-0.05, 0) is 66.0 Å². The Hall–Kier alpha value is -2.02. The fourth-order valence-electron chi connectivity index (χ4n) is 3.36. The summed E-state index contributed by atoms with van der Waals surface area (Å²) in [5.74, 6) is 1.84. The van der Waals surface area contributed by atoms with Gasteiger partial charge in [0.15, 0.2) is 0 Å². The molecule has 0 N–H and O–H groups in total. The molecule has 0 aromatic heterocycles. The molecule has 2 aromatic rings. The highest BCUT2D eigenvalue weighted by Gasteiger charge is 2.13. The number of hydrogen-bond donors (Lipinski definition) is 0. The molecule has 0 spiro atoms. The van der Waals surface area contributed by atoms with Gasteiger partial charge in [0.05, 0.1) is 6.61 Å². The fourth-order valence-corrected chi connectivity index (χ4v) is 3.36. The average molecular weight is 320 g/mol. The summed E-state index contributed by atoms with van der Waals surface area (Å²) < 4.78 is 5.65. The van der Waals surface area contributed by atoms with E-state index in [0.29, 0.717) is 0 Å². The van der Waals surface area contributed by atoms with Crippen LogP contribution in [0.3, 0.4) is 0 Å². The van der Waals surface area contributed by atoms with E-state index >= 15 is 0 Å². The number of allylic oxidation sites excluding steroid dienone is 2. The van der Waals surface area contributed by atoms with E-state index in [1.54, 1.807) is 0 Å². The normalized spacial score (nSPS) is 17.4. The van der Waals surface area contributed by atoms with E-state index < -0.39 is 0 Å². The van der Waals surface area contributed by atoms with Crippen LogP contribution < -0.4 is 4.74 Å². The topological polar surface area (TPSA) is 9.23 Å². The monoisotopic (exact) mass is 320 g/mol. The molecular weight excluding hydrogens is 292 g/mol. The molecule has 2 aromatic carbocycles. The number of benzene rings is 2. The van der Waals surface area contributed by atoms with Crippen molar-refractivity contribution in [2.75, 3.05) is 6.61 Å². The third-order valence-electron chi connectivity index (χ3n) is 5.01. The summed E-state index contributed by atoms with van der Waals surface area (Å²) in [5, 5.41) is 0. The Bertz CT molecular complexity index is 664. The summed E-state index contributed by atoms with van der Waals surface area (Å²) in [7, 11) is 0. The van der Waals surface area contributed by atoms with E-state index in [9.17, 15) is 0 Å². The van der Waals surface area contributed by atoms with Crippen molar-refractivity contribution in [3.8, 4) is 16.9 Å². The molecule has 1 nitrogen and oxygen atoms in total. The van der Waals surface area contributed by atoms with Crippen LogP contribution in [0.25, 0.3) is 16.7 Å². The second kappa shape index (κ2) is 8.19. The van der Waals surface area contributed by atoms with Gasteiger partial charge in [-0.25, -0.2) is 0 Å². The third-order valence-corrected chi connectivity index (χ3v) is 5.01. The van der Waals surface area contributed by atoms with Crippen LogP contribution in [0.5, 0.6) is 5.75 Å². The Kier molecular flexibility index (Phi) is 5.74. The van der Waals surface area contributed by atoms with Crippen LogP contribution in [-0.2, 0) is 0 Å². The summed E-state index contributed by atoms with van der Waals surface area (Å²) >= 11 is 0. The smallest absolute Gasteiger partial charge is 0.119 e. The van der Waals surface area contributed by atoms with Crippen LogP contribution in [0, 0.1) is 5.92 Å². The first-order valence-corrected chi connectivity index (χ1v) is 9.32. The number of ether oxygens (including phenoxy) is 1. The van der Waals surface area contributed by atoms with Gasteiger partial charge in [0.25, 0.3) is 0 Å². The zero-order valence-corrected chi connectivity index (χ0v) is 14.9. The molecule has 0 saturated carbocycles. The molecule has 1 aliphatic rings. The van der Waals surface area contributed by atoms with E-state index in [1.807, 2.05) is 0 Å². The van der Waals surface area contributed by atoms with Crippen molar-refractivity contribution >= 4 is 5.57 Å². The molecule has 1 heteroatoms. The van der Waals surface area contributed by atoms with E-state index in [2.05, 4.69) is 68.5 Å². The highest BCUT2D eigenvalue weighted by Crippen LogP contribution is 2.32. The van der Waals surface area contributed by atoms with Crippen molar-refractivity contribution in [2.45, 2.75) is 46.0 Å². The van der Waals surface area contributed by atoms with Gasteiger partial charge in [-0.3, -0.25) is 0 Å². The Morgan fingerprint density at radius 3 is 2.04 bits per heavy atom. The van der Waals surface area contributed by atoms with Crippen LogP contribution in [0.4, 0.5) is 0 Å². The van der Waals surface area contributed by atoms with Gasteiger partial charge in [0.1, 0.15) is 5.75 Å². The summed E-state index contributed by atoms with van der Waals surface area (Å²) in [6, 6.07) is 17.4. The van der Waals surface area contributed by atoms with Crippen LogP contribution in [0.2, 0.25) is 0 Å². The van der Waals surface area contributed by atoms with E-state index in [0.717, 1.165) is 24.7 Å². The maximum Gasteiger partial charge on any atom is 0.119 e. The van der Waals surface area contributed by atoms with Gasteiger partial charge in [-0.15, -0.1) is 0 Å². The predicted octanol–water partition coefficient (Wildman–Crippen LogP) is 6.74. The lowest BCUT2D eigenvalue weighted by atomic mass is 9.85. The van der Waals surface area contributed by atoms with Crippen LogP contribution >= 0.6 is 0 Å². The molecule has 1 atom stereocenters. The zero-order valence-electron chi connectivity index (χ0n) is 14.9. The highest BCUT2D eigenvalue weighted by atomic mass is 16.5. The number of hydrogen-bond acceptors (Lipinski definition) is 1. The van der Waals surface area contributed by atoms with Crippen molar-refractivity contribution < 1.29 is 4.74 Å². The molecule has 1 aliphatic carbocycles. The maximum absolute atomic E-state index is 5.65. The van der Waals surface area contributed by atoms with Crippen LogP contribution in [0.1, 0.15) is 51.5 Å². The van der Waals surface area contributed by atoms with E-state index in [1.165, 1.54) is 47.9 Å². The Morgan fingerprint density at radius 2 is 1.50 bits per heavy atom. The second-order valence-corrected chi connectivity index (χ2v) is 6.73. The average Bonchev–Trinajstić information content (AvgIpc) is 2.67. The predicted molar refractivity (Wildman–Crippen MR) is 103 cm³/mol. The summed E-state index contributed by atoms with van der Waals surface area (Å²) in [6.45, 7) is 5.21. The minimum absolute atomic E-state index is 0.780. The van der Waals surface area contributed by atoms with Crippen molar-refractivity contribution in [2.24, 2.45) is 5.92 Å². The van der Waals surface area contributed by atoms with Crippen LogP contribution in [0.15, 0.2) is 54.6 Å². The fraction of sp³-hybridized carbons (Fsp3) is 0.391. The first-order chi connectivity index (χ1) is 11.8. The molecular formula is C23H28O. The molecule has 126 valence electrons. The third kappa shape index (κ3) is 4.08. The summed E-state index contributed by atoms with van der Waals surface area (Å²) in [6.07, 6.45) is 8.60. The largest absolute Gasteiger partial charge is 0.494 e. The van der Waals surface area contributed by atoms with Gasteiger partial charge in [0.2, 0.25) is 0 Å². The van der Waals surface area contributed by atoms with Gasteiger partial charge in [-0.1, -0.05) is 62.7 Å². The van der Waals surface area contributed by atoms with E-state index in [-0.39, 0.29) is 0 Å². The highest BCUT2D eigenvalue weighted by molar-refractivity contribution is 5.71. The molecule has 0 aliphatic heterocycles. The minimum atomic E-state index is 0.780. The van der Waals surface area contributed by atoms with Crippen molar-refractivity contribution in [3.05, 3.63) is 60.2 Å². The Labute approximate surface area is 146 Å². The second-order valence-electron chi connectivity index (χ2n) is 6.73. The standard InChI is InChI=1S/C23H28O/c1-3-17-24-23-15-13-22(14-16-23)21-11-9-20(10-12-21)19-7-5-18(4-2)6-8-19/h7,9-16,18H,3-6,8,17H2,1-2H3. The lowest BCUT2D eigenvalue weighted by Gasteiger charge is -2.20. The van der Waals surface area contributed by atoms with Gasteiger partial charge < -0.3 is 4.74 Å². The lowest BCUT2D eigenvalue weighted by Crippen LogP contribution is -2.03. The van der Waals surface area contributed by atoms with Crippen molar-refractivity contribution in [3.63, 3.8) is 0 Å². The zero-order chi connectivity index (χ0) is 16.8. The first kappa shape index (κ1) is 16.8. The maximum atomic E-state index is 5.65. The molecule has 0 fully saturated rings. The molecule has 0 radical (unpaired) electrons. The molecule has 1 unspecified atom stereocenters. The van der Waals surface area contributed by atoms with Gasteiger partial charge in [0, 0.05) is 0 Å². The van der Waals surface area contributed by atoms with Crippen molar-refractivity contribution in [1.82, 2.24) is 0 Å². The molecule has 3 rings (SSSR count). The SMILES string of the molecule is CCCOc1ccc(-c2ccc(C3=CCC(CC)CC3)cc2)cc1. The van der Waals surface area contributed by atoms with Crippen LogP contribution in [-0.4, -0.2) is 6.61 Å². The Balaban J connectivity index is 1.69. The minimum Gasteiger partial charge on any atom is -0.494 e. The molecule has 0 heterocycles. The molecule has 0 bridgehead atoms. The first-order valence-electron chi connectivity index (χ1n) is 9.32. The lowest BCUT2D eigenvalue weighted by molar-refractivity contribution is 0.317. The summed E-state index contributed by atoms with van der Waals surface area (Å²) in [4.78, 5) is 0. The summed E-state index contributed by atoms with van der Waals surface area (Å²) in [5.41, 5.74) is 5.42. The van der Waals surface area contributed by atoms with E-state index in [4.69, 9.17) is 4.74 Å². The van der Waals surface area contributed by atoms with Crippen molar-refractivity contribution in [1.29, 1.82) is 0 Å². The molecule has 0 amide bonds. The van der Waals surface area contributed by atoms with Gasteiger partial charge >= 0.3 is 0 Å². The number of rotatable bonds is 6. The quantitative estimate of drug-likeness (QED) is 0.573. The molecule has 24 heavy (non-hydrogen) atoms. The molecule has 0 saturated heterocycles. The van der Waals surface area contributed by atoms with Gasteiger partial charge in [-0.2, -0.15) is 0 Å².